The van der Waals surface area contributed by atoms with E-state index >= 15 is 0 Å². The molecule has 1 aliphatic heterocycles. The van der Waals surface area contributed by atoms with E-state index in [0.717, 1.165) is 0 Å². The standard InChI is InChI=1S/C12H8N2OS/c13-7-9-6-11(16)8-14-12(9)15-10-4-2-1-3-5-10/h1-6H,8H2. The molecular weight excluding hydrogens is 220 g/mol. The lowest BCUT2D eigenvalue weighted by Crippen LogP contribution is -2.18. The summed E-state index contributed by atoms with van der Waals surface area (Å²) in [5.41, 5.74) is 0.375. The van der Waals surface area contributed by atoms with Gasteiger partial charge < -0.3 is 4.74 Å². The number of hydrogen-bond donors (Lipinski definition) is 0. The van der Waals surface area contributed by atoms with Crippen molar-refractivity contribution in [2.75, 3.05) is 6.54 Å². The summed E-state index contributed by atoms with van der Waals surface area (Å²) in [6.07, 6.45) is 1.63. The molecule has 4 heteroatoms. The lowest BCUT2D eigenvalue weighted by molar-refractivity contribution is 0.550. The molecule has 0 unspecified atom stereocenters. The fourth-order valence-corrected chi connectivity index (χ4v) is 1.45. The van der Waals surface area contributed by atoms with Crippen LogP contribution in [0, 0.1) is 11.3 Å². The number of hydrogen-bond acceptors (Lipinski definition) is 4. The minimum Gasteiger partial charge on any atom is -0.438 e. The summed E-state index contributed by atoms with van der Waals surface area (Å²) in [5, 5.41) is 8.92. The van der Waals surface area contributed by atoms with Gasteiger partial charge in [0.1, 0.15) is 17.4 Å². The Hall–Kier alpha value is -1.99. The van der Waals surface area contributed by atoms with Crippen molar-refractivity contribution in [2.45, 2.75) is 0 Å². The fraction of sp³-hybridized carbons (Fsp3) is 0.0833. The van der Waals surface area contributed by atoms with Crippen molar-refractivity contribution in [1.29, 1.82) is 5.26 Å². The Kier molecular flexibility index (Phi) is 3.08. The molecule has 1 aromatic carbocycles. The minimum atomic E-state index is 0.335. The predicted molar refractivity (Wildman–Crippen MR) is 65.7 cm³/mol. The number of ether oxygens (including phenoxy) is 1. The molecule has 3 nitrogen and oxygen atoms in total. The lowest BCUT2D eigenvalue weighted by Gasteiger charge is -2.11. The van der Waals surface area contributed by atoms with Crippen molar-refractivity contribution < 1.29 is 4.74 Å². The highest BCUT2D eigenvalue weighted by Gasteiger charge is 2.14. The summed E-state index contributed by atoms with van der Waals surface area (Å²) in [4.78, 5) is 4.77. The first-order chi connectivity index (χ1) is 7.79. The first-order valence-corrected chi connectivity index (χ1v) is 5.13. The highest BCUT2D eigenvalue weighted by atomic mass is 32.1. The Balaban J connectivity index is 2.21. The van der Waals surface area contributed by atoms with E-state index in [1.54, 1.807) is 6.08 Å². The summed E-state index contributed by atoms with van der Waals surface area (Å²) in [6.45, 7) is 0.405. The van der Waals surface area contributed by atoms with Crippen LogP contribution in [0.5, 0.6) is 5.75 Å². The normalized spacial score (nSPS) is 14.8. The SMILES string of the molecule is N#CC1=CC(=S)CN=C1Oc1ccccc1. The third kappa shape index (κ3) is 2.33. The van der Waals surface area contributed by atoms with Gasteiger partial charge in [0, 0.05) is 4.86 Å². The Morgan fingerprint density at radius 3 is 2.75 bits per heavy atom. The van der Waals surface area contributed by atoms with Crippen LogP contribution in [0.25, 0.3) is 0 Å². The maximum atomic E-state index is 8.92. The second kappa shape index (κ2) is 4.69. The van der Waals surface area contributed by atoms with Crippen molar-refractivity contribution in [2.24, 2.45) is 4.99 Å². The minimum absolute atomic E-state index is 0.335. The monoisotopic (exact) mass is 228 g/mol. The van der Waals surface area contributed by atoms with E-state index in [-0.39, 0.29) is 0 Å². The summed E-state index contributed by atoms with van der Waals surface area (Å²) in [6, 6.07) is 11.3. The van der Waals surface area contributed by atoms with Crippen molar-refractivity contribution in [1.82, 2.24) is 0 Å². The molecule has 0 atom stereocenters. The average Bonchev–Trinajstić information content (AvgIpc) is 2.33. The Morgan fingerprint density at radius 1 is 1.31 bits per heavy atom. The molecule has 0 N–H and O–H groups in total. The van der Waals surface area contributed by atoms with Crippen molar-refractivity contribution >= 4 is 23.0 Å². The molecule has 1 heterocycles. The molecule has 0 fully saturated rings. The molecule has 0 aliphatic carbocycles. The second-order valence-electron chi connectivity index (χ2n) is 3.17. The molecule has 1 aliphatic rings. The van der Waals surface area contributed by atoms with Gasteiger partial charge in [-0.1, -0.05) is 30.4 Å². The van der Waals surface area contributed by atoms with Gasteiger partial charge in [0.05, 0.1) is 6.54 Å². The van der Waals surface area contributed by atoms with Gasteiger partial charge >= 0.3 is 0 Å². The van der Waals surface area contributed by atoms with E-state index in [1.807, 2.05) is 36.4 Å². The van der Waals surface area contributed by atoms with Gasteiger partial charge in [0.25, 0.3) is 0 Å². The van der Waals surface area contributed by atoms with Gasteiger partial charge in [-0.2, -0.15) is 5.26 Å². The van der Waals surface area contributed by atoms with Crippen LogP contribution in [-0.4, -0.2) is 17.3 Å². The van der Waals surface area contributed by atoms with Crippen LogP contribution in [0.2, 0.25) is 0 Å². The van der Waals surface area contributed by atoms with Gasteiger partial charge in [-0.15, -0.1) is 0 Å². The highest BCUT2D eigenvalue weighted by Crippen LogP contribution is 2.13. The zero-order valence-corrected chi connectivity index (χ0v) is 9.20. The first-order valence-electron chi connectivity index (χ1n) is 4.72. The van der Waals surface area contributed by atoms with Crippen molar-refractivity contribution in [3.63, 3.8) is 0 Å². The molecule has 16 heavy (non-hydrogen) atoms. The third-order valence-corrected chi connectivity index (χ3v) is 2.24. The van der Waals surface area contributed by atoms with E-state index in [1.165, 1.54) is 0 Å². The molecule has 78 valence electrons. The summed E-state index contributed by atoms with van der Waals surface area (Å²) < 4.78 is 5.51. The quantitative estimate of drug-likeness (QED) is 0.693. The molecule has 0 aromatic heterocycles. The number of aliphatic imine (C=N–C) groups is 1. The van der Waals surface area contributed by atoms with Crippen LogP contribution < -0.4 is 4.74 Å². The zero-order chi connectivity index (χ0) is 11.4. The van der Waals surface area contributed by atoms with Crippen LogP contribution in [0.15, 0.2) is 47.0 Å². The number of dihydropyridines is 1. The molecule has 0 spiro atoms. The summed E-state index contributed by atoms with van der Waals surface area (Å²) in [7, 11) is 0. The highest BCUT2D eigenvalue weighted by molar-refractivity contribution is 7.80. The van der Waals surface area contributed by atoms with Gasteiger partial charge in [0.15, 0.2) is 0 Å². The Morgan fingerprint density at radius 2 is 2.06 bits per heavy atom. The van der Waals surface area contributed by atoms with Crippen LogP contribution >= 0.6 is 12.2 Å². The van der Waals surface area contributed by atoms with Gasteiger partial charge in [-0.25, -0.2) is 4.99 Å². The summed E-state index contributed by atoms with van der Waals surface area (Å²) >= 11 is 4.98. The fourth-order valence-electron chi connectivity index (χ4n) is 1.27. The van der Waals surface area contributed by atoms with Crippen LogP contribution in [0.4, 0.5) is 0 Å². The molecule has 2 rings (SSSR count). The van der Waals surface area contributed by atoms with Gasteiger partial charge in [-0.05, 0) is 18.2 Å². The molecule has 1 aromatic rings. The van der Waals surface area contributed by atoms with Gasteiger partial charge in [0.2, 0.25) is 5.90 Å². The number of para-hydroxylation sites is 1. The molecule has 0 radical (unpaired) electrons. The van der Waals surface area contributed by atoms with E-state index in [0.29, 0.717) is 28.6 Å². The molecule has 0 amide bonds. The maximum Gasteiger partial charge on any atom is 0.233 e. The Bertz CT molecular complexity index is 512. The zero-order valence-electron chi connectivity index (χ0n) is 8.38. The second-order valence-corrected chi connectivity index (χ2v) is 3.70. The van der Waals surface area contributed by atoms with E-state index in [4.69, 9.17) is 22.2 Å². The number of rotatable bonds is 1. The average molecular weight is 228 g/mol. The van der Waals surface area contributed by atoms with E-state index < -0.39 is 0 Å². The van der Waals surface area contributed by atoms with Gasteiger partial charge in [-0.3, -0.25) is 0 Å². The van der Waals surface area contributed by atoms with Crippen LogP contribution in [0.1, 0.15) is 0 Å². The first kappa shape index (κ1) is 10.5. The number of benzene rings is 1. The van der Waals surface area contributed by atoms with E-state index in [2.05, 4.69) is 4.99 Å². The summed E-state index contributed by atoms with van der Waals surface area (Å²) in [5.74, 6) is 0.998. The van der Waals surface area contributed by atoms with Crippen molar-refractivity contribution in [3.05, 3.63) is 42.0 Å². The van der Waals surface area contributed by atoms with Crippen LogP contribution in [-0.2, 0) is 0 Å². The molecule has 0 saturated carbocycles. The topological polar surface area (TPSA) is 45.4 Å². The van der Waals surface area contributed by atoms with E-state index in [9.17, 15) is 0 Å². The molecule has 0 bridgehead atoms. The number of thiocarbonyl (C=S) groups is 1. The molecular formula is C12H8N2OS. The largest absolute Gasteiger partial charge is 0.438 e. The number of nitriles is 1. The third-order valence-electron chi connectivity index (χ3n) is 1.99. The number of nitrogens with zero attached hydrogens (tertiary/aromatic N) is 2. The smallest absolute Gasteiger partial charge is 0.233 e. The Labute approximate surface area is 98.7 Å². The van der Waals surface area contributed by atoms with Crippen molar-refractivity contribution in [3.8, 4) is 11.8 Å². The predicted octanol–water partition coefficient (Wildman–Crippen LogP) is 2.30. The lowest BCUT2D eigenvalue weighted by atomic mass is 10.2. The maximum absolute atomic E-state index is 8.92. The van der Waals surface area contributed by atoms with Crippen LogP contribution in [0.3, 0.4) is 0 Å². The molecule has 0 saturated heterocycles.